The summed E-state index contributed by atoms with van der Waals surface area (Å²) in [5.74, 6) is 0. The molecule has 2 nitrogen and oxygen atoms in total. The van der Waals surface area contributed by atoms with E-state index in [4.69, 9.17) is 5.73 Å². The van der Waals surface area contributed by atoms with Gasteiger partial charge in [-0.2, -0.15) is 0 Å². The molecule has 0 amide bonds. The smallest absolute Gasteiger partial charge is 0.0329 e. The molecule has 1 rings (SSSR count). The zero-order valence-corrected chi connectivity index (χ0v) is 10.8. The molecular weight excluding hydrogens is 184 g/mol. The third-order valence-corrected chi connectivity index (χ3v) is 4.40. The fourth-order valence-corrected chi connectivity index (χ4v) is 2.66. The van der Waals surface area contributed by atoms with Crippen LogP contribution in [0.15, 0.2) is 0 Å². The maximum atomic E-state index is 6.03. The zero-order valence-electron chi connectivity index (χ0n) is 10.8. The van der Waals surface area contributed by atoms with Crippen LogP contribution in [0.5, 0.6) is 0 Å². The number of hydrogen-bond donors (Lipinski definition) is 1. The zero-order chi connectivity index (χ0) is 11.3. The average molecular weight is 212 g/mol. The second-order valence-electron chi connectivity index (χ2n) is 5.08. The molecule has 90 valence electrons. The first-order chi connectivity index (χ1) is 7.20. The normalized spacial score (nSPS) is 21.4. The quantitative estimate of drug-likeness (QED) is 0.703. The van der Waals surface area contributed by atoms with Gasteiger partial charge in [0, 0.05) is 18.1 Å². The molecule has 1 unspecified atom stereocenters. The van der Waals surface area contributed by atoms with Gasteiger partial charge in [0.2, 0.25) is 0 Å². The standard InChI is InChI=1S/C13H28N2/c1-4-6-10-13(5-2,11-14)15(3)12-8-7-9-12/h12H,4-11,14H2,1-3H3. The highest BCUT2D eigenvalue weighted by Gasteiger charge is 2.36. The second kappa shape index (κ2) is 5.86. The third-order valence-electron chi connectivity index (χ3n) is 4.40. The molecule has 0 aromatic rings. The number of rotatable bonds is 7. The number of unbranched alkanes of at least 4 members (excludes halogenated alkanes) is 1. The second-order valence-corrected chi connectivity index (χ2v) is 5.08. The van der Waals surface area contributed by atoms with E-state index in [1.807, 2.05) is 0 Å². The van der Waals surface area contributed by atoms with Gasteiger partial charge in [-0.25, -0.2) is 0 Å². The Morgan fingerprint density at radius 2 is 2.00 bits per heavy atom. The van der Waals surface area contributed by atoms with Crippen LogP contribution in [0, 0.1) is 0 Å². The molecule has 1 saturated carbocycles. The molecule has 0 aromatic heterocycles. The van der Waals surface area contributed by atoms with Crippen LogP contribution in [-0.4, -0.2) is 30.1 Å². The van der Waals surface area contributed by atoms with Crippen LogP contribution >= 0.6 is 0 Å². The minimum Gasteiger partial charge on any atom is -0.329 e. The van der Waals surface area contributed by atoms with Crippen molar-refractivity contribution >= 4 is 0 Å². The first kappa shape index (κ1) is 13.0. The van der Waals surface area contributed by atoms with Crippen LogP contribution < -0.4 is 5.73 Å². The molecule has 0 saturated heterocycles. The van der Waals surface area contributed by atoms with Gasteiger partial charge in [-0.05, 0) is 32.7 Å². The van der Waals surface area contributed by atoms with Crippen LogP contribution in [-0.2, 0) is 0 Å². The lowest BCUT2D eigenvalue weighted by Gasteiger charge is -2.48. The van der Waals surface area contributed by atoms with E-state index in [2.05, 4.69) is 25.8 Å². The van der Waals surface area contributed by atoms with Crippen molar-refractivity contribution in [3.8, 4) is 0 Å². The van der Waals surface area contributed by atoms with Crippen molar-refractivity contribution in [1.82, 2.24) is 4.90 Å². The minimum absolute atomic E-state index is 0.279. The van der Waals surface area contributed by atoms with E-state index in [0.717, 1.165) is 12.6 Å². The van der Waals surface area contributed by atoms with Crippen molar-refractivity contribution in [3.05, 3.63) is 0 Å². The molecule has 2 heteroatoms. The highest BCUT2D eigenvalue weighted by atomic mass is 15.2. The van der Waals surface area contributed by atoms with E-state index in [9.17, 15) is 0 Å². The molecule has 0 aromatic carbocycles. The van der Waals surface area contributed by atoms with E-state index in [1.54, 1.807) is 0 Å². The first-order valence-corrected chi connectivity index (χ1v) is 6.63. The van der Waals surface area contributed by atoms with E-state index in [-0.39, 0.29) is 5.54 Å². The van der Waals surface area contributed by atoms with E-state index in [1.165, 1.54) is 44.9 Å². The van der Waals surface area contributed by atoms with Gasteiger partial charge in [0.15, 0.2) is 0 Å². The summed E-state index contributed by atoms with van der Waals surface area (Å²) < 4.78 is 0. The number of likely N-dealkylation sites (N-methyl/N-ethyl adjacent to an activating group) is 1. The molecular formula is C13H28N2. The van der Waals surface area contributed by atoms with Crippen LogP contribution in [0.2, 0.25) is 0 Å². The summed E-state index contributed by atoms with van der Waals surface area (Å²) in [6.45, 7) is 5.37. The maximum Gasteiger partial charge on any atom is 0.0329 e. The van der Waals surface area contributed by atoms with Crippen molar-refractivity contribution in [1.29, 1.82) is 0 Å². The molecule has 0 spiro atoms. The van der Waals surface area contributed by atoms with Gasteiger partial charge in [0.1, 0.15) is 0 Å². The Morgan fingerprint density at radius 1 is 1.33 bits per heavy atom. The Labute approximate surface area is 95.2 Å². The summed E-state index contributed by atoms with van der Waals surface area (Å²) in [7, 11) is 2.29. The molecule has 0 aliphatic heterocycles. The molecule has 0 radical (unpaired) electrons. The fourth-order valence-electron chi connectivity index (χ4n) is 2.66. The summed E-state index contributed by atoms with van der Waals surface area (Å²) in [5.41, 5.74) is 6.31. The Balaban J connectivity index is 2.59. The molecule has 0 bridgehead atoms. The predicted octanol–water partition coefficient (Wildman–Crippen LogP) is 2.77. The van der Waals surface area contributed by atoms with Crippen molar-refractivity contribution in [2.75, 3.05) is 13.6 Å². The maximum absolute atomic E-state index is 6.03. The van der Waals surface area contributed by atoms with Gasteiger partial charge in [-0.3, -0.25) is 4.90 Å². The Bertz CT molecular complexity index is 171. The predicted molar refractivity (Wildman–Crippen MR) is 67.0 cm³/mol. The number of nitrogens with two attached hydrogens (primary N) is 1. The summed E-state index contributed by atoms with van der Waals surface area (Å²) in [6, 6.07) is 0.811. The molecule has 1 fully saturated rings. The molecule has 0 heterocycles. The largest absolute Gasteiger partial charge is 0.329 e. The Kier molecular flexibility index (Phi) is 5.07. The monoisotopic (exact) mass is 212 g/mol. The van der Waals surface area contributed by atoms with Crippen LogP contribution in [0.3, 0.4) is 0 Å². The van der Waals surface area contributed by atoms with Gasteiger partial charge in [0.25, 0.3) is 0 Å². The Hall–Kier alpha value is -0.0800. The molecule has 1 atom stereocenters. The van der Waals surface area contributed by atoms with Gasteiger partial charge in [-0.15, -0.1) is 0 Å². The molecule has 2 N–H and O–H groups in total. The highest BCUT2D eigenvalue weighted by molar-refractivity contribution is 4.94. The van der Waals surface area contributed by atoms with Crippen molar-refractivity contribution < 1.29 is 0 Å². The van der Waals surface area contributed by atoms with Crippen LogP contribution in [0.25, 0.3) is 0 Å². The number of nitrogens with zero attached hydrogens (tertiary/aromatic N) is 1. The van der Waals surface area contributed by atoms with Gasteiger partial charge in [0.05, 0.1) is 0 Å². The SMILES string of the molecule is CCCCC(CC)(CN)N(C)C1CCC1. The van der Waals surface area contributed by atoms with Crippen molar-refractivity contribution in [3.63, 3.8) is 0 Å². The third kappa shape index (κ3) is 2.73. The lowest BCUT2D eigenvalue weighted by atomic mass is 9.82. The van der Waals surface area contributed by atoms with Gasteiger partial charge in [-0.1, -0.05) is 33.1 Å². The van der Waals surface area contributed by atoms with E-state index in [0.29, 0.717) is 0 Å². The summed E-state index contributed by atoms with van der Waals surface area (Å²) in [6.07, 6.45) is 9.21. The highest BCUT2D eigenvalue weighted by Crippen LogP contribution is 2.33. The Morgan fingerprint density at radius 3 is 2.33 bits per heavy atom. The average Bonchev–Trinajstić information content (AvgIpc) is 2.18. The van der Waals surface area contributed by atoms with Crippen LogP contribution in [0.4, 0.5) is 0 Å². The summed E-state index contributed by atoms with van der Waals surface area (Å²) in [5, 5.41) is 0. The van der Waals surface area contributed by atoms with Gasteiger partial charge < -0.3 is 5.73 Å². The first-order valence-electron chi connectivity index (χ1n) is 6.63. The van der Waals surface area contributed by atoms with Crippen molar-refractivity contribution in [2.45, 2.75) is 70.4 Å². The molecule has 1 aliphatic rings. The number of hydrogen-bond acceptors (Lipinski definition) is 2. The van der Waals surface area contributed by atoms with E-state index < -0.39 is 0 Å². The topological polar surface area (TPSA) is 29.3 Å². The van der Waals surface area contributed by atoms with Crippen LogP contribution in [0.1, 0.15) is 58.8 Å². The fraction of sp³-hybridized carbons (Fsp3) is 1.00. The van der Waals surface area contributed by atoms with Crippen molar-refractivity contribution in [2.24, 2.45) is 5.73 Å². The summed E-state index contributed by atoms with van der Waals surface area (Å²) in [4.78, 5) is 2.59. The lowest BCUT2D eigenvalue weighted by Crippen LogP contribution is -2.57. The lowest BCUT2D eigenvalue weighted by molar-refractivity contribution is 0.0275. The summed E-state index contributed by atoms with van der Waals surface area (Å²) >= 11 is 0. The minimum atomic E-state index is 0.279. The van der Waals surface area contributed by atoms with E-state index >= 15 is 0 Å². The molecule has 1 aliphatic carbocycles. The van der Waals surface area contributed by atoms with Gasteiger partial charge >= 0.3 is 0 Å². The molecule has 15 heavy (non-hydrogen) atoms.